The van der Waals surface area contributed by atoms with Gasteiger partial charge in [0.25, 0.3) is 0 Å². The summed E-state index contributed by atoms with van der Waals surface area (Å²) in [4.78, 5) is 32.5. The van der Waals surface area contributed by atoms with Gasteiger partial charge in [-0.05, 0) is 18.6 Å². The van der Waals surface area contributed by atoms with Gasteiger partial charge in [-0.1, -0.05) is 12.1 Å². The highest BCUT2D eigenvalue weighted by atomic mass is 16.1. The van der Waals surface area contributed by atoms with E-state index in [1.54, 1.807) is 13.3 Å². The van der Waals surface area contributed by atoms with E-state index in [1.165, 1.54) is 0 Å². The van der Waals surface area contributed by atoms with Crippen molar-refractivity contribution in [3.63, 3.8) is 0 Å². The van der Waals surface area contributed by atoms with Gasteiger partial charge in [-0.2, -0.15) is 0 Å². The number of aldehydes is 2. The zero-order chi connectivity index (χ0) is 13.4. The van der Waals surface area contributed by atoms with E-state index in [1.807, 2.05) is 18.2 Å². The predicted octanol–water partition coefficient (Wildman–Crippen LogP) is 2.49. The van der Waals surface area contributed by atoms with Crippen molar-refractivity contribution < 1.29 is 9.59 Å². The molecule has 94 valence electrons. The molecule has 0 saturated heterocycles. The van der Waals surface area contributed by atoms with Gasteiger partial charge < -0.3 is 9.97 Å². The van der Waals surface area contributed by atoms with Gasteiger partial charge in [0.1, 0.15) is 0 Å². The number of aromatic nitrogens is 3. The molecular weight excluding hydrogens is 242 g/mol. The first-order valence-corrected chi connectivity index (χ1v) is 5.81. The maximum absolute atomic E-state index is 11.3. The Hall–Kier alpha value is -2.69. The van der Waals surface area contributed by atoms with Crippen LogP contribution < -0.4 is 0 Å². The van der Waals surface area contributed by atoms with Crippen LogP contribution in [0.1, 0.15) is 26.4 Å². The number of rotatable bonds is 3. The molecule has 0 fully saturated rings. The summed E-state index contributed by atoms with van der Waals surface area (Å²) in [5, 5.41) is 0. The minimum atomic E-state index is 0.421. The third-order valence-electron chi connectivity index (χ3n) is 3.29. The zero-order valence-electron chi connectivity index (χ0n) is 10.2. The van der Waals surface area contributed by atoms with Crippen molar-refractivity contribution in [3.8, 4) is 11.3 Å². The number of hydrogen-bond donors (Lipinski definition) is 2. The molecule has 5 nitrogen and oxygen atoms in total. The zero-order valence-corrected chi connectivity index (χ0v) is 10.2. The molecule has 0 amide bonds. The quantitative estimate of drug-likeness (QED) is 0.704. The molecule has 0 atom stereocenters. The van der Waals surface area contributed by atoms with Crippen molar-refractivity contribution >= 4 is 23.6 Å². The molecule has 3 aromatic rings. The number of nitrogens with zero attached hydrogens (tertiary/aromatic N) is 1. The predicted molar refractivity (Wildman–Crippen MR) is 71.4 cm³/mol. The molecule has 0 spiro atoms. The summed E-state index contributed by atoms with van der Waals surface area (Å²) in [6.07, 6.45) is 3.08. The Morgan fingerprint density at radius 3 is 2.79 bits per heavy atom. The van der Waals surface area contributed by atoms with E-state index < -0.39 is 0 Å². The van der Waals surface area contributed by atoms with Crippen LogP contribution in [-0.2, 0) is 0 Å². The van der Waals surface area contributed by atoms with Gasteiger partial charge in [0.15, 0.2) is 12.6 Å². The Kier molecular flexibility index (Phi) is 2.52. The first-order chi connectivity index (χ1) is 9.26. The summed E-state index contributed by atoms with van der Waals surface area (Å²) in [7, 11) is 0. The molecule has 0 saturated carbocycles. The van der Waals surface area contributed by atoms with Crippen LogP contribution in [-0.4, -0.2) is 27.5 Å². The molecule has 1 aromatic carbocycles. The third kappa shape index (κ3) is 1.59. The molecule has 0 aliphatic rings. The number of imidazole rings is 1. The fourth-order valence-corrected chi connectivity index (χ4v) is 2.27. The molecule has 0 aliphatic heterocycles. The van der Waals surface area contributed by atoms with Crippen molar-refractivity contribution in [1.29, 1.82) is 0 Å². The van der Waals surface area contributed by atoms with Crippen LogP contribution in [0.3, 0.4) is 0 Å². The standard InChI is InChI=1S/C14H11N3O2/c1-8-10(5-18)13(17-12(8)6-19)9-3-2-4-11-14(9)16-7-15-11/h2-7,17H,1H3,(H,15,16). The smallest absolute Gasteiger partial charge is 0.166 e. The highest BCUT2D eigenvalue weighted by molar-refractivity contribution is 5.99. The number of carbonyl (C=O) groups is 2. The summed E-state index contributed by atoms with van der Waals surface area (Å²) in [5.74, 6) is 0. The van der Waals surface area contributed by atoms with Crippen molar-refractivity contribution in [1.82, 2.24) is 15.0 Å². The van der Waals surface area contributed by atoms with Gasteiger partial charge in [0, 0.05) is 11.1 Å². The van der Waals surface area contributed by atoms with Gasteiger partial charge in [-0.3, -0.25) is 9.59 Å². The number of nitrogens with one attached hydrogen (secondary N) is 2. The van der Waals surface area contributed by atoms with Crippen molar-refractivity contribution in [2.45, 2.75) is 6.92 Å². The molecule has 2 aromatic heterocycles. The highest BCUT2D eigenvalue weighted by Gasteiger charge is 2.17. The first-order valence-electron chi connectivity index (χ1n) is 5.81. The van der Waals surface area contributed by atoms with Crippen molar-refractivity contribution in [3.05, 3.63) is 41.3 Å². The Morgan fingerprint density at radius 2 is 2.05 bits per heavy atom. The first kappa shape index (κ1) is 11.4. The Bertz CT molecular complexity index is 783. The number of aromatic amines is 2. The largest absolute Gasteiger partial charge is 0.351 e. The van der Waals surface area contributed by atoms with Crippen molar-refractivity contribution in [2.75, 3.05) is 0 Å². The number of fused-ring (bicyclic) bond motifs is 1. The number of H-pyrrole nitrogens is 2. The lowest BCUT2D eigenvalue weighted by Crippen LogP contribution is -1.87. The maximum atomic E-state index is 11.3. The van der Waals surface area contributed by atoms with E-state index in [9.17, 15) is 9.59 Å². The van der Waals surface area contributed by atoms with Gasteiger partial charge in [0.05, 0.1) is 28.7 Å². The fraction of sp³-hybridized carbons (Fsp3) is 0.0714. The Labute approximate surface area is 108 Å². The fourth-order valence-electron chi connectivity index (χ4n) is 2.27. The molecular formula is C14H11N3O2. The maximum Gasteiger partial charge on any atom is 0.166 e. The lowest BCUT2D eigenvalue weighted by atomic mass is 10.0. The van der Waals surface area contributed by atoms with Crippen LogP contribution in [0.4, 0.5) is 0 Å². The summed E-state index contributed by atoms with van der Waals surface area (Å²) in [6.45, 7) is 1.75. The molecule has 19 heavy (non-hydrogen) atoms. The summed E-state index contributed by atoms with van der Waals surface area (Å²) >= 11 is 0. The number of benzene rings is 1. The van der Waals surface area contributed by atoms with Crippen LogP contribution in [0.25, 0.3) is 22.3 Å². The monoisotopic (exact) mass is 253 g/mol. The summed E-state index contributed by atoms with van der Waals surface area (Å²) in [6, 6.07) is 5.65. The molecule has 0 aliphatic carbocycles. The molecule has 0 radical (unpaired) electrons. The van der Waals surface area contributed by atoms with E-state index in [2.05, 4.69) is 15.0 Å². The second-order valence-corrected chi connectivity index (χ2v) is 4.29. The molecule has 2 N–H and O–H groups in total. The normalized spacial score (nSPS) is 10.8. The Morgan fingerprint density at radius 1 is 1.21 bits per heavy atom. The van der Waals surface area contributed by atoms with Crippen LogP contribution >= 0.6 is 0 Å². The molecule has 2 heterocycles. The van der Waals surface area contributed by atoms with E-state index >= 15 is 0 Å². The molecule has 0 unspecified atom stereocenters. The second kappa shape index (κ2) is 4.20. The summed E-state index contributed by atoms with van der Waals surface area (Å²) in [5.41, 5.74) is 4.66. The van der Waals surface area contributed by atoms with E-state index in [0.717, 1.165) is 29.2 Å². The van der Waals surface area contributed by atoms with E-state index in [4.69, 9.17) is 0 Å². The van der Waals surface area contributed by atoms with E-state index in [-0.39, 0.29) is 0 Å². The van der Waals surface area contributed by atoms with Crippen molar-refractivity contribution in [2.24, 2.45) is 0 Å². The summed E-state index contributed by atoms with van der Waals surface area (Å²) < 4.78 is 0. The third-order valence-corrected chi connectivity index (χ3v) is 3.29. The number of hydrogen-bond acceptors (Lipinski definition) is 3. The minimum Gasteiger partial charge on any atom is -0.351 e. The van der Waals surface area contributed by atoms with Gasteiger partial charge >= 0.3 is 0 Å². The highest BCUT2D eigenvalue weighted by Crippen LogP contribution is 2.30. The van der Waals surface area contributed by atoms with Gasteiger partial charge in [-0.25, -0.2) is 4.98 Å². The van der Waals surface area contributed by atoms with Crippen LogP contribution in [0.5, 0.6) is 0 Å². The average molecular weight is 253 g/mol. The van der Waals surface area contributed by atoms with Gasteiger partial charge in [0.2, 0.25) is 0 Å². The van der Waals surface area contributed by atoms with Crippen LogP contribution in [0.2, 0.25) is 0 Å². The molecule has 3 rings (SSSR count). The molecule has 5 heteroatoms. The number of carbonyl (C=O) groups excluding carboxylic acids is 2. The van der Waals surface area contributed by atoms with Crippen LogP contribution in [0.15, 0.2) is 24.5 Å². The van der Waals surface area contributed by atoms with E-state index in [0.29, 0.717) is 22.5 Å². The Balaban J connectivity index is 2.35. The SMILES string of the molecule is Cc1c(C=O)[nH]c(-c2cccc3[nH]cnc23)c1C=O. The number of para-hydroxylation sites is 1. The lowest BCUT2D eigenvalue weighted by Gasteiger charge is -2.01. The molecule has 0 bridgehead atoms. The second-order valence-electron chi connectivity index (χ2n) is 4.29. The van der Waals surface area contributed by atoms with Gasteiger partial charge in [-0.15, -0.1) is 0 Å². The lowest BCUT2D eigenvalue weighted by molar-refractivity contribution is 0.111. The average Bonchev–Trinajstić information content (AvgIpc) is 3.02. The van der Waals surface area contributed by atoms with Crippen LogP contribution in [0, 0.1) is 6.92 Å². The topological polar surface area (TPSA) is 78.6 Å². The minimum absolute atomic E-state index is 0.421.